The molecule has 3 aromatic heterocycles. The molecule has 2 unspecified atom stereocenters. The van der Waals surface area contributed by atoms with E-state index in [-0.39, 0.29) is 16.9 Å². The lowest BCUT2D eigenvalue weighted by molar-refractivity contribution is 0.0936. The molecule has 1 aromatic carbocycles. The molecule has 1 amide bonds. The van der Waals surface area contributed by atoms with E-state index < -0.39 is 16.8 Å². The number of aromatic nitrogens is 4. The quantitative estimate of drug-likeness (QED) is 0.507. The van der Waals surface area contributed by atoms with Crippen LogP contribution in [0.1, 0.15) is 35.4 Å². The first-order valence-corrected chi connectivity index (χ1v) is 10.7. The summed E-state index contributed by atoms with van der Waals surface area (Å²) in [7, 11) is -1.35. The normalized spacial score (nSPS) is 13.3. The summed E-state index contributed by atoms with van der Waals surface area (Å²) in [4.78, 5) is 21.3. The molecule has 154 valence electrons. The molecule has 0 spiro atoms. The van der Waals surface area contributed by atoms with Crippen molar-refractivity contribution in [1.29, 1.82) is 0 Å². The Morgan fingerprint density at radius 3 is 2.70 bits per heavy atom. The lowest BCUT2D eigenvalue weighted by Crippen LogP contribution is -2.28. The molecule has 0 aliphatic heterocycles. The Morgan fingerprint density at radius 2 is 2.03 bits per heavy atom. The molecule has 8 nitrogen and oxygen atoms in total. The lowest BCUT2D eigenvalue weighted by Gasteiger charge is -2.14. The Kier molecular flexibility index (Phi) is 5.40. The molecule has 0 aliphatic rings. The van der Waals surface area contributed by atoms with E-state index in [1.54, 1.807) is 29.2 Å². The Balaban J connectivity index is 1.64. The standard InChI is InChI=1S/C20H18FN5O3S/c1-3-16(17-11-29-20(25-17)30(2)28)24-19(27)15-8-22-10-18-14(15)9-23-26(18)13-6-4-12(21)5-7-13/h4-11,16H,3H2,1-2H3,(H,24,27). The van der Waals surface area contributed by atoms with E-state index in [1.165, 1.54) is 30.8 Å². The highest BCUT2D eigenvalue weighted by atomic mass is 32.2. The number of hydrogen-bond acceptors (Lipinski definition) is 6. The summed E-state index contributed by atoms with van der Waals surface area (Å²) in [6.45, 7) is 1.90. The number of rotatable bonds is 6. The maximum atomic E-state index is 13.2. The van der Waals surface area contributed by atoms with Crippen molar-refractivity contribution in [1.82, 2.24) is 25.1 Å². The SMILES string of the molecule is CCC(NC(=O)c1cncc2c1cnn2-c1ccc(F)cc1)c1coc(S(C)=O)n1. The van der Waals surface area contributed by atoms with Crippen molar-refractivity contribution in [2.24, 2.45) is 0 Å². The maximum Gasteiger partial charge on any atom is 0.286 e. The van der Waals surface area contributed by atoms with E-state index in [0.29, 0.717) is 34.3 Å². The van der Waals surface area contributed by atoms with E-state index in [4.69, 9.17) is 4.42 Å². The minimum Gasteiger partial charge on any atom is -0.438 e. The number of oxazole rings is 1. The van der Waals surface area contributed by atoms with Gasteiger partial charge in [0.1, 0.15) is 28.6 Å². The Bertz CT molecular complexity index is 1230. The van der Waals surface area contributed by atoms with Crippen LogP contribution < -0.4 is 5.32 Å². The van der Waals surface area contributed by atoms with Crippen LogP contribution in [-0.4, -0.2) is 36.1 Å². The predicted molar refractivity (Wildman–Crippen MR) is 108 cm³/mol. The van der Waals surface area contributed by atoms with Gasteiger partial charge in [-0.3, -0.25) is 9.78 Å². The van der Waals surface area contributed by atoms with Gasteiger partial charge in [0.05, 0.1) is 35.2 Å². The molecule has 4 aromatic rings. The fourth-order valence-electron chi connectivity index (χ4n) is 3.09. The number of nitrogens with zero attached hydrogens (tertiary/aromatic N) is 4. The van der Waals surface area contributed by atoms with Crippen LogP contribution in [0.15, 0.2) is 58.8 Å². The van der Waals surface area contributed by atoms with Crippen LogP contribution >= 0.6 is 0 Å². The Hall–Kier alpha value is -3.40. The van der Waals surface area contributed by atoms with Crippen LogP contribution in [0, 0.1) is 5.82 Å². The third-order valence-corrected chi connectivity index (χ3v) is 5.31. The summed E-state index contributed by atoms with van der Waals surface area (Å²) in [6, 6.07) is 5.46. The number of fused-ring (bicyclic) bond motifs is 1. The topological polar surface area (TPSA) is 103 Å². The fourth-order valence-corrected chi connectivity index (χ4v) is 3.51. The molecule has 3 heterocycles. The van der Waals surface area contributed by atoms with Gasteiger partial charge < -0.3 is 9.73 Å². The molecule has 0 fully saturated rings. The van der Waals surface area contributed by atoms with Gasteiger partial charge in [-0.1, -0.05) is 6.92 Å². The number of hydrogen-bond donors (Lipinski definition) is 1. The van der Waals surface area contributed by atoms with Crippen molar-refractivity contribution in [2.75, 3.05) is 6.26 Å². The van der Waals surface area contributed by atoms with Crippen LogP contribution in [0.5, 0.6) is 0 Å². The van der Waals surface area contributed by atoms with Gasteiger partial charge in [-0.05, 0) is 30.7 Å². The lowest BCUT2D eigenvalue weighted by atomic mass is 10.1. The monoisotopic (exact) mass is 427 g/mol. The van der Waals surface area contributed by atoms with Gasteiger partial charge in [0.25, 0.3) is 11.1 Å². The van der Waals surface area contributed by atoms with Gasteiger partial charge in [0, 0.05) is 17.8 Å². The summed E-state index contributed by atoms with van der Waals surface area (Å²) < 4.78 is 31.6. The number of nitrogens with one attached hydrogen (secondary N) is 1. The Morgan fingerprint density at radius 1 is 1.27 bits per heavy atom. The second-order valence-electron chi connectivity index (χ2n) is 6.58. The van der Waals surface area contributed by atoms with Gasteiger partial charge in [-0.25, -0.2) is 18.3 Å². The molecule has 0 radical (unpaired) electrons. The molecular formula is C20H18FN5O3S. The summed E-state index contributed by atoms with van der Waals surface area (Å²) in [5.74, 6) is -0.692. The summed E-state index contributed by atoms with van der Waals surface area (Å²) in [6.07, 6.45) is 8.07. The second kappa shape index (κ2) is 8.15. The molecule has 10 heteroatoms. The highest BCUT2D eigenvalue weighted by Crippen LogP contribution is 2.23. The number of benzene rings is 1. The van der Waals surface area contributed by atoms with Gasteiger partial charge in [0.2, 0.25) is 0 Å². The zero-order valence-electron chi connectivity index (χ0n) is 16.2. The zero-order valence-corrected chi connectivity index (χ0v) is 17.0. The first-order chi connectivity index (χ1) is 14.5. The first-order valence-electron chi connectivity index (χ1n) is 9.15. The Labute approximate surface area is 173 Å². The molecule has 30 heavy (non-hydrogen) atoms. The first kappa shape index (κ1) is 19.9. The largest absolute Gasteiger partial charge is 0.438 e. The smallest absolute Gasteiger partial charge is 0.286 e. The van der Waals surface area contributed by atoms with Crippen molar-refractivity contribution < 1.29 is 17.8 Å². The summed E-state index contributed by atoms with van der Waals surface area (Å²) in [5.41, 5.74) is 2.12. The summed E-state index contributed by atoms with van der Waals surface area (Å²) in [5, 5.41) is 7.97. The molecule has 2 atom stereocenters. The minimum absolute atomic E-state index is 0.113. The van der Waals surface area contributed by atoms with Crippen molar-refractivity contribution in [2.45, 2.75) is 24.6 Å². The van der Waals surface area contributed by atoms with Crippen molar-refractivity contribution >= 4 is 27.6 Å². The van der Waals surface area contributed by atoms with E-state index in [9.17, 15) is 13.4 Å². The van der Waals surface area contributed by atoms with Crippen molar-refractivity contribution in [3.8, 4) is 5.69 Å². The van der Waals surface area contributed by atoms with Crippen LogP contribution in [0.3, 0.4) is 0 Å². The number of carbonyl (C=O) groups excluding carboxylic acids is 1. The number of amides is 1. The highest BCUT2D eigenvalue weighted by Gasteiger charge is 2.21. The predicted octanol–water partition coefficient (Wildman–Crippen LogP) is 3.17. The molecule has 0 bridgehead atoms. The zero-order chi connectivity index (χ0) is 21.3. The van der Waals surface area contributed by atoms with Crippen molar-refractivity contribution in [3.63, 3.8) is 0 Å². The molecule has 1 N–H and O–H groups in total. The fraction of sp³-hybridized carbons (Fsp3) is 0.200. The average Bonchev–Trinajstić information content (AvgIpc) is 3.40. The van der Waals surface area contributed by atoms with E-state index in [1.807, 2.05) is 6.92 Å². The number of carbonyl (C=O) groups is 1. The molecular weight excluding hydrogens is 409 g/mol. The van der Waals surface area contributed by atoms with E-state index in [2.05, 4.69) is 20.4 Å². The minimum atomic E-state index is -1.35. The molecule has 0 aliphatic carbocycles. The average molecular weight is 427 g/mol. The van der Waals surface area contributed by atoms with E-state index >= 15 is 0 Å². The number of halogens is 1. The van der Waals surface area contributed by atoms with Crippen LogP contribution in [-0.2, 0) is 10.8 Å². The molecule has 4 rings (SSSR count). The van der Waals surface area contributed by atoms with E-state index in [0.717, 1.165) is 0 Å². The molecule has 0 saturated heterocycles. The third kappa shape index (κ3) is 3.73. The van der Waals surface area contributed by atoms with Crippen LogP contribution in [0.2, 0.25) is 0 Å². The number of pyridine rings is 1. The maximum absolute atomic E-state index is 13.2. The van der Waals surface area contributed by atoms with Crippen LogP contribution in [0.4, 0.5) is 4.39 Å². The second-order valence-corrected chi connectivity index (χ2v) is 7.84. The van der Waals surface area contributed by atoms with Gasteiger partial charge in [-0.2, -0.15) is 5.10 Å². The van der Waals surface area contributed by atoms with Gasteiger partial charge >= 0.3 is 0 Å². The molecule has 0 saturated carbocycles. The third-order valence-electron chi connectivity index (χ3n) is 4.63. The van der Waals surface area contributed by atoms with Crippen molar-refractivity contribution in [3.05, 3.63) is 66.2 Å². The van der Waals surface area contributed by atoms with Gasteiger partial charge in [-0.15, -0.1) is 0 Å². The van der Waals surface area contributed by atoms with Crippen LogP contribution in [0.25, 0.3) is 16.6 Å². The highest BCUT2D eigenvalue weighted by molar-refractivity contribution is 7.84. The summed E-state index contributed by atoms with van der Waals surface area (Å²) >= 11 is 0. The van der Waals surface area contributed by atoms with Gasteiger partial charge in [0.15, 0.2) is 0 Å².